The van der Waals surface area contributed by atoms with Gasteiger partial charge in [0.2, 0.25) is 5.91 Å². The molecule has 0 spiro atoms. The van der Waals surface area contributed by atoms with Gasteiger partial charge in [0.25, 0.3) is 0 Å². The highest BCUT2D eigenvalue weighted by Crippen LogP contribution is 2.18. The van der Waals surface area contributed by atoms with Crippen LogP contribution in [0.25, 0.3) is 6.08 Å². The lowest BCUT2D eigenvalue weighted by Crippen LogP contribution is -2.13. The summed E-state index contributed by atoms with van der Waals surface area (Å²) in [6, 6.07) is 14.0. The van der Waals surface area contributed by atoms with Crippen molar-refractivity contribution >= 4 is 29.6 Å². The van der Waals surface area contributed by atoms with Crippen LogP contribution in [0, 0.1) is 0 Å². The van der Waals surface area contributed by atoms with Crippen LogP contribution in [0.4, 0.5) is 5.69 Å². The molecule has 0 aliphatic heterocycles. The number of carbonyl (C=O) groups is 3. The molecule has 1 N–H and O–H groups in total. The summed E-state index contributed by atoms with van der Waals surface area (Å²) in [4.78, 5) is 36.7. The Balaban J connectivity index is 1.70. The molecule has 9 heteroatoms. The van der Waals surface area contributed by atoms with Crippen molar-refractivity contribution in [3.63, 3.8) is 0 Å². The Labute approximate surface area is 191 Å². The topological polar surface area (TPSA) is 112 Å². The van der Waals surface area contributed by atoms with Gasteiger partial charge in [-0.15, -0.1) is 5.10 Å². The normalized spacial score (nSPS) is 10.7. The van der Waals surface area contributed by atoms with E-state index in [0.29, 0.717) is 12.2 Å². The van der Waals surface area contributed by atoms with E-state index in [2.05, 4.69) is 15.6 Å². The lowest BCUT2D eigenvalue weighted by molar-refractivity contribution is -0.111. The molecule has 0 aliphatic carbocycles. The first-order chi connectivity index (χ1) is 16.0. The number of amides is 1. The molecule has 0 unspecified atom stereocenters. The third kappa shape index (κ3) is 6.86. The zero-order chi connectivity index (χ0) is 23.6. The quantitative estimate of drug-likeness (QED) is 0.395. The highest BCUT2D eigenvalue weighted by Gasteiger charge is 2.15. The number of nitrogens with zero attached hydrogens (tertiary/aromatic N) is 3. The number of nitrogens with one attached hydrogen (secondary N) is 1. The molecular weight excluding hydrogens is 424 g/mol. The van der Waals surface area contributed by atoms with Crippen LogP contribution >= 0.6 is 0 Å². The minimum atomic E-state index is -0.607. The molecule has 3 aromatic rings. The predicted octanol–water partition coefficient (Wildman–Crippen LogP) is 3.33. The maximum absolute atomic E-state index is 12.4. The number of hydrogen-bond donors (Lipinski definition) is 1. The molecule has 0 saturated heterocycles. The van der Waals surface area contributed by atoms with E-state index in [1.807, 2.05) is 30.3 Å². The van der Waals surface area contributed by atoms with Crippen molar-refractivity contribution in [2.45, 2.75) is 20.4 Å². The number of ether oxygens (including phenoxy) is 2. The minimum absolute atomic E-state index is 0.130. The van der Waals surface area contributed by atoms with Gasteiger partial charge in [-0.2, -0.15) is 0 Å². The van der Waals surface area contributed by atoms with Crippen LogP contribution in [-0.4, -0.2) is 46.1 Å². The van der Waals surface area contributed by atoms with Crippen LogP contribution in [0.2, 0.25) is 0 Å². The van der Waals surface area contributed by atoms with Crippen LogP contribution in [0.1, 0.15) is 45.8 Å². The average Bonchev–Trinajstić information content (AvgIpc) is 3.25. The summed E-state index contributed by atoms with van der Waals surface area (Å²) in [6.45, 7) is 4.27. The summed E-state index contributed by atoms with van der Waals surface area (Å²) in [5, 5.41) is 10.7. The molecule has 0 aliphatic rings. The molecule has 1 heterocycles. The predicted molar refractivity (Wildman–Crippen MR) is 122 cm³/mol. The van der Waals surface area contributed by atoms with Crippen LogP contribution in [0.15, 0.2) is 60.8 Å². The van der Waals surface area contributed by atoms with Gasteiger partial charge in [0.1, 0.15) is 5.69 Å². The maximum Gasteiger partial charge on any atom is 0.338 e. The third-order valence-corrected chi connectivity index (χ3v) is 4.37. The monoisotopic (exact) mass is 448 g/mol. The van der Waals surface area contributed by atoms with Crippen LogP contribution in [-0.2, 0) is 20.8 Å². The lowest BCUT2D eigenvalue weighted by Gasteiger charge is -2.09. The van der Waals surface area contributed by atoms with Crippen molar-refractivity contribution in [3.8, 4) is 0 Å². The van der Waals surface area contributed by atoms with Gasteiger partial charge in [-0.3, -0.25) is 4.79 Å². The molecule has 2 aromatic carbocycles. The fourth-order valence-electron chi connectivity index (χ4n) is 2.95. The summed E-state index contributed by atoms with van der Waals surface area (Å²) >= 11 is 0. The second-order valence-electron chi connectivity index (χ2n) is 6.89. The van der Waals surface area contributed by atoms with E-state index in [9.17, 15) is 14.4 Å². The molecule has 0 saturated carbocycles. The number of benzene rings is 2. The van der Waals surface area contributed by atoms with Crippen LogP contribution in [0.5, 0.6) is 0 Å². The molecule has 3 rings (SSSR count). The molecular formula is C24H24N4O5. The highest BCUT2D eigenvalue weighted by atomic mass is 16.5. The van der Waals surface area contributed by atoms with E-state index in [1.165, 1.54) is 30.4 Å². The van der Waals surface area contributed by atoms with Crippen LogP contribution in [0.3, 0.4) is 0 Å². The third-order valence-electron chi connectivity index (χ3n) is 4.37. The summed E-state index contributed by atoms with van der Waals surface area (Å²) in [5.74, 6) is -1.68. The summed E-state index contributed by atoms with van der Waals surface area (Å²) in [5.41, 5.74) is 2.10. The summed E-state index contributed by atoms with van der Waals surface area (Å²) in [7, 11) is 0. The number of esters is 2. The molecule has 0 bridgehead atoms. The van der Waals surface area contributed by atoms with E-state index in [4.69, 9.17) is 9.47 Å². The van der Waals surface area contributed by atoms with Gasteiger partial charge < -0.3 is 14.8 Å². The van der Waals surface area contributed by atoms with Gasteiger partial charge in [-0.25, -0.2) is 14.3 Å². The Morgan fingerprint density at radius 1 is 0.970 bits per heavy atom. The second-order valence-corrected chi connectivity index (χ2v) is 6.89. The van der Waals surface area contributed by atoms with Gasteiger partial charge in [0, 0.05) is 11.8 Å². The molecule has 0 atom stereocenters. The number of rotatable bonds is 9. The first kappa shape index (κ1) is 23.4. The van der Waals surface area contributed by atoms with Gasteiger partial charge >= 0.3 is 11.9 Å². The van der Waals surface area contributed by atoms with Gasteiger partial charge in [0.15, 0.2) is 0 Å². The molecule has 0 radical (unpaired) electrons. The molecule has 170 valence electrons. The minimum Gasteiger partial charge on any atom is -0.462 e. The Morgan fingerprint density at radius 2 is 1.61 bits per heavy atom. The Hall–Kier alpha value is -4.27. The van der Waals surface area contributed by atoms with E-state index in [1.54, 1.807) is 24.7 Å². The number of anilines is 1. The van der Waals surface area contributed by atoms with Crippen molar-refractivity contribution in [3.05, 3.63) is 83.2 Å². The number of aromatic nitrogens is 3. The maximum atomic E-state index is 12.4. The fraction of sp³-hybridized carbons (Fsp3) is 0.208. The molecule has 1 amide bonds. The van der Waals surface area contributed by atoms with Gasteiger partial charge in [0.05, 0.1) is 37.1 Å². The average molecular weight is 448 g/mol. The van der Waals surface area contributed by atoms with Crippen molar-refractivity contribution < 1.29 is 23.9 Å². The lowest BCUT2D eigenvalue weighted by atomic mass is 10.1. The first-order valence-corrected chi connectivity index (χ1v) is 10.4. The smallest absolute Gasteiger partial charge is 0.338 e. The number of carbonyl (C=O) groups excluding carboxylic acids is 3. The van der Waals surface area contributed by atoms with E-state index < -0.39 is 17.8 Å². The Kier molecular flexibility index (Phi) is 8.07. The standard InChI is InChI=1S/C24H24N4O5/c1-3-32-23(30)18-12-19(24(31)33-4-2)14-21(13-18)25-22(29)11-10-20-16-28(27-26-20)15-17-8-6-5-7-9-17/h5-14,16H,3-4,15H2,1-2H3,(H,25,29)/b11-10+. The SMILES string of the molecule is CCOC(=O)c1cc(NC(=O)/C=C/c2cn(Cc3ccccc3)nn2)cc(C(=O)OCC)c1. The fourth-order valence-corrected chi connectivity index (χ4v) is 2.95. The number of hydrogen-bond acceptors (Lipinski definition) is 7. The molecule has 33 heavy (non-hydrogen) atoms. The Morgan fingerprint density at radius 3 is 2.21 bits per heavy atom. The molecule has 0 fully saturated rings. The van der Waals surface area contributed by atoms with Gasteiger partial charge in [-0.05, 0) is 43.7 Å². The van der Waals surface area contributed by atoms with E-state index in [-0.39, 0.29) is 30.0 Å². The zero-order valence-electron chi connectivity index (χ0n) is 18.4. The van der Waals surface area contributed by atoms with Crippen molar-refractivity contribution in [2.24, 2.45) is 0 Å². The van der Waals surface area contributed by atoms with E-state index in [0.717, 1.165) is 5.56 Å². The van der Waals surface area contributed by atoms with Crippen molar-refractivity contribution in [1.82, 2.24) is 15.0 Å². The largest absolute Gasteiger partial charge is 0.462 e. The van der Waals surface area contributed by atoms with Crippen LogP contribution < -0.4 is 5.32 Å². The summed E-state index contributed by atoms with van der Waals surface area (Å²) < 4.78 is 11.7. The first-order valence-electron chi connectivity index (χ1n) is 10.4. The van der Waals surface area contributed by atoms with Crippen molar-refractivity contribution in [2.75, 3.05) is 18.5 Å². The highest BCUT2D eigenvalue weighted by molar-refractivity contribution is 6.04. The summed E-state index contributed by atoms with van der Waals surface area (Å²) in [6.07, 6.45) is 4.53. The second kappa shape index (κ2) is 11.4. The van der Waals surface area contributed by atoms with Crippen molar-refractivity contribution in [1.29, 1.82) is 0 Å². The zero-order valence-corrected chi connectivity index (χ0v) is 18.4. The van der Waals surface area contributed by atoms with Gasteiger partial charge in [-0.1, -0.05) is 35.5 Å². The Bertz CT molecular complexity index is 1120. The van der Waals surface area contributed by atoms with E-state index >= 15 is 0 Å². The molecule has 1 aromatic heterocycles. The molecule has 9 nitrogen and oxygen atoms in total.